The van der Waals surface area contributed by atoms with Crippen molar-refractivity contribution in [3.05, 3.63) is 140 Å². The van der Waals surface area contributed by atoms with Gasteiger partial charge in [0.2, 0.25) is 0 Å². The molecule has 0 saturated heterocycles. The minimum atomic E-state index is 0.923. The van der Waals surface area contributed by atoms with E-state index in [-0.39, 0.29) is 0 Å². The third-order valence-electron chi connectivity index (χ3n) is 6.84. The number of para-hydroxylation sites is 3. The van der Waals surface area contributed by atoms with E-state index in [0.29, 0.717) is 0 Å². The molecule has 0 N–H and O–H groups in total. The lowest BCUT2D eigenvalue weighted by Crippen LogP contribution is -2.10. The molecule has 0 unspecified atom stereocenters. The first-order chi connectivity index (χ1) is 17.9. The van der Waals surface area contributed by atoms with Gasteiger partial charge in [-0.15, -0.1) is 0 Å². The summed E-state index contributed by atoms with van der Waals surface area (Å²) in [7, 11) is 0. The fourth-order valence-corrected chi connectivity index (χ4v) is 5.21. The third kappa shape index (κ3) is 3.27. The summed E-state index contributed by atoms with van der Waals surface area (Å²) >= 11 is 0. The number of furan rings is 1. The van der Waals surface area contributed by atoms with Crippen molar-refractivity contribution in [1.82, 2.24) is 0 Å². The quantitative estimate of drug-likeness (QED) is 0.259. The van der Waals surface area contributed by atoms with Crippen molar-refractivity contribution in [2.75, 3.05) is 4.90 Å². The Hall–Kier alpha value is -4.82. The molecule has 0 amide bonds. The van der Waals surface area contributed by atoms with Crippen LogP contribution in [0.1, 0.15) is 0 Å². The molecule has 1 heterocycles. The predicted octanol–water partition coefficient (Wildman–Crippen LogP) is 9.88. The molecule has 0 aliphatic heterocycles. The summed E-state index contributed by atoms with van der Waals surface area (Å²) in [5.41, 5.74) is 7.47. The highest BCUT2D eigenvalue weighted by molar-refractivity contribution is 6.21. The Bertz CT molecular complexity index is 1780. The number of hydrogen-bond acceptors (Lipinski definition) is 2. The normalized spacial score (nSPS) is 11.3. The molecule has 7 rings (SSSR count). The fourth-order valence-electron chi connectivity index (χ4n) is 5.21. The van der Waals surface area contributed by atoms with E-state index < -0.39 is 0 Å². The third-order valence-corrected chi connectivity index (χ3v) is 6.84. The molecular formula is C34H23NO. The van der Waals surface area contributed by atoms with Crippen molar-refractivity contribution in [3.63, 3.8) is 0 Å². The Labute approximate surface area is 209 Å². The number of rotatable bonds is 4. The molecule has 36 heavy (non-hydrogen) atoms. The van der Waals surface area contributed by atoms with Crippen LogP contribution in [0.5, 0.6) is 0 Å². The van der Waals surface area contributed by atoms with E-state index in [0.717, 1.165) is 60.9 Å². The standard InChI is InChI=1S/C34H23NO/c1-4-13-24(14-5-1)27-21-12-22-30-31-23-32(28-19-10-11-20-29(28)34(31)36-33(27)30)35(25-15-6-2-7-16-25)26-17-8-3-9-18-26/h1-23H. The van der Waals surface area contributed by atoms with Crippen LogP contribution in [0.15, 0.2) is 144 Å². The van der Waals surface area contributed by atoms with Gasteiger partial charge in [0, 0.05) is 38.5 Å². The maximum Gasteiger partial charge on any atom is 0.143 e. The summed E-state index contributed by atoms with van der Waals surface area (Å²) < 4.78 is 6.68. The van der Waals surface area contributed by atoms with Crippen LogP contribution >= 0.6 is 0 Å². The zero-order chi connectivity index (χ0) is 23.9. The van der Waals surface area contributed by atoms with Crippen LogP contribution in [0.4, 0.5) is 17.1 Å². The van der Waals surface area contributed by atoms with Gasteiger partial charge in [-0.25, -0.2) is 0 Å². The first kappa shape index (κ1) is 20.5. The maximum atomic E-state index is 6.68. The number of anilines is 3. The van der Waals surface area contributed by atoms with E-state index in [4.69, 9.17) is 4.42 Å². The van der Waals surface area contributed by atoms with Gasteiger partial charge >= 0.3 is 0 Å². The van der Waals surface area contributed by atoms with Gasteiger partial charge in [-0.3, -0.25) is 0 Å². The average Bonchev–Trinajstić information content (AvgIpc) is 3.34. The number of benzene rings is 6. The molecule has 7 aromatic rings. The van der Waals surface area contributed by atoms with Gasteiger partial charge in [-0.1, -0.05) is 109 Å². The van der Waals surface area contributed by atoms with Crippen LogP contribution in [0.25, 0.3) is 43.8 Å². The number of nitrogens with zero attached hydrogens (tertiary/aromatic N) is 1. The molecule has 170 valence electrons. The summed E-state index contributed by atoms with van der Waals surface area (Å²) in [6.45, 7) is 0. The smallest absolute Gasteiger partial charge is 0.143 e. The van der Waals surface area contributed by atoms with Crippen LogP contribution in [0, 0.1) is 0 Å². The minimum absolute atomic E-state index is 0.923. The van der Waals surface area contributed by atoms with Crippen LogP contribution in [0.2, 0.25) is 0 Å². The van der Waals surface area contributed by atoms with Crippen molar-refractivity contribution in [3.8, 4) is 11.1 Å². The molecule has 0 aliphatic rings. The second-order valence-corrected chi connectivity index (χ2v) is 8.97. The molecule has 0 bridgehead atoms. The Morgan fingerprint density at radius 2 is 0.944 bits per heavy atom. The number of fused-ring (bicyclic) bond motifs is 5. The molecule has 0 radical (unpaired) electrons. The molecule has 0 spiro atoms. The first-order valence-corrected chi connectivity index (χ1v) is 12.2. The lowest BCUT2D eigenvalue weighted by atomic mass is 10.00. The molecule has 0 aliphatic carbocycles. The van der Waals surface area contributed by atoms with E-state index in [2.05, 4.69) is 138 Å². The highest BCUT2D eigenvalue weighted by Gasteiger charge is 2.20. The zero-order valence-corrected chi connectivity index (χ0v) is 19.6. The molecule has 0 fully saturated rings. The molecule has 6 aromatic carbocycles. The SMILES string of the molecule is c1ccc(-c2cccc3c2oc2c4ccccc4c(N(c4ccccc4)c4ccccc4)cc32)cc1. The lowest BCUT2D eigenvalue weighted by molar-refractivity contribution is 0.674. The van der Waals surface area contributed by atoms with Gasteiger partial charge in [-0.2, -0.15) is 0 Å². The second-order valence-electron chi connectivity index (χ2n) is 8.97. The van der Waals surface area contributed by atoms with E-state index in [1.807, 2.05) is 6.07 Å². The Kier molecular flexibility index (Phi) is 4.82. The summed E-state index contributed by atoms with van der Waals surface area (Å²) in [5, 5.41) is 4.50. The van der Waals surface area contributed by atoms with Crippen molar-refractivity contribution >= 4 is 49.8 Å². The van der Waals surface area contributed by atoms with Gasteiger partial charge in [0.1, 0.15) is 11.2 Å². The van der Waals surface area contributed by atoms with Crippen molar-refractivity contribution in [2.24, 2.45) is 0 Å². The largest absolute Gasteiger partial charge is 0.455 e. The van der Waals surface area contributed by atoms with Crippen LogP contribution in [0.3, 0.4) is 0 Å². The van der Waals surface area contributed by atoms with E-state index >= 15 is 0 Å². The van der Waals surface area contributed by atoms with E-state index in [1.165, 1.54) is 0 Å². The molecule has 2 heteroatoms. The van der Waals surface area contributed by atoms with E-state index in [1.54, 1.807) is 0 Å². The molecule has 1 aromatic heterocycles. The molecule has 0 atom stereocenters. The van der Waals surface area contributed by atoms with Gasteiger partial charge in [-0.05, 0) is 35.9 Å². The molecule has 2 nitrogen and oxygen atoms in total. The van der Waals surface area contributed by atoms with Crippen molar-refractivity contribution in [2.45, 2.75) is 0 Å². The van der Waals surface area contributed by atoms with Crippen LogP contribution in [-0.4, -0.2) is 0 Å². The van der Waals surface area contributed by atoms with Gasteiger partial charge < -0.3 is 9.32 Å². The summed E-state index contributed by atoms with van der Waals surface area (Å²) in [5.74, 6) is 0. The zero-order valence-electron chi connectivity index (χ0n) is 19.6. The highest BCUT2D eigenvalue weighted by atomic mass is 16.3. The maximum absolute atomic E-state index is 6.68. The lowest BCUT2D eigenvalue weighted by Gasteiger charge is -2.27. The van der Waals surface area contributed by atoms with Crippen molar-refractivity contribution < 1.29 is 4.42 Å². The Morgan fingerprint density at radius 3 is 1.61 bits per heavy atom. The topological polar surface area (TPSA) is 16.4 Å². The second kappa shape index (κ2) is 8.44. The van der Waals surface area contributed by atoms with E-state index in [9.17, 15) is 0 Å². The Balaban J connectivity index is 1.58. The summed E-state index contributed by atoms with van der Waals surface area (Å²) in [4.78, 5) is 2.33. The molecular weight excluding hydrogens is 438 g/mol. The number of hydrogen-bond donors (Lipinski definition) is 0. The van der Waals surface area contributed by atoms with Gasteiger partial charge in [0.05, 0.1) is 5.69 Å². The minimum Gasteiger partial charge on any atom is -0.455 e. The average molecular weight is 462 g/mol. The van der Waals surface area contributed by atoms with Gasteiger partial charge in [0.15, 0.2) is 0 Å². The van der Waals surface area contributed by atoms with Gasteiger partial charge in [0.25, 0.3) is 0 Å². The molecule has 0 saturated carbocycles. The summed E-state index contributed by atoms with van der Waals surface area (Å²) in [6, 6.07) is 48.8. The monoisotopic (exact) mass is 461 g/mol. The van der Waals surface area contributed by atoms with Crippen LogP contribution < -0.4 is 4.90 Å². The highest BCUT2D eigenvalue weighted by Crippen LogP contribution is 2.45. The predicted molar refractivity (Wildman–Crippen MR) is 151 cm³/mol. The van der Waals surface area contributed by atoms with Crippen LogP contribution in [-0.2, 0) is 0 Å². The Morgan fingerprint density at radius 1 is 0.417 bits per heavy atom. The van der Waals surface area contributed by atoms with Crippen molar-refractivity contribution in [1.29, 1.82) is 0 Å². The first-order valence-electron chi connectivity index (χ1n) is 12.2. The fraction of sp³-hybridized carbons (Fsp3) is 0. The summed E-state index contributed by atoms with van der Waals surface area (Å²) in [6.07, 6.45) is 0.